The van der Waals surface area contributed by atoms with Crippen molar-refractivity contribution in [3.8, 4) is 0 Å². The van der Waals surface area contributed by atoms with E-state index in [2.05, 4.69) is 10.6 Å². The SMILES string of the molecule is CCOC(=O)CCNC(=O)C(c1ccccc1)N(CCO)C(=O)C(C)NC(=O)OC(C)(C)C. The number of hydrogen-bond acceptors (Lipinski definition) is 7. The molecule has 3 amide bonds. The third-order valence-corrected chi connectivity index (χ3v) is 4.34. The van der Waals surface area contributed by atoms with Crippen LogP contribution in [0.3, 0.4) is 0 Å². The number of alkyl carbamates (subject to hydrolysis) is 1. The quantitative estimate of drug-likeness (QED) is 0.422. The summed E-state index contributed by atoms with van der Waals surface area (Å²) in [7, 11) is 0. The molecular formula is C23H35N3O7. The van der Waals surface area contributed by atoms with Crippen LogP contribution in [-0.2, 0) is 23.9 Å². The second-order valence-corrected chi connectivity index (χ2v) is 8.28. The number of nitrogens with zero attached hydrogens (tertiary/aromatic N) is 1. The minimum absolute atomic E-state index is 0.0217. The standard InChI is InChI=1S/C23H35N3O7/c1-6-32-18(28)12-13-24-20(29)19(17-10-8-7-9-11-17)26(14-15-27)21(30)16(2)25-22(31)33-23(3,4)5/h7-11,16,19,27H,6,12-15H2,1-5H3,(H,24,29)(H,25,31). The molecule has 2 atom stereocenters. The number of ether oxygens (including phenoxy) is 2. The van der Waals surface area contributed by atoms with Gasteiger partial charge in [-0.1, -0.05) is 30.3 Å². The van der Waals surface area contributed by atoms with E-state index in [4.69, 9.17) is 9.47 Å². The number of aliphatic hydroxyl groups excluding tert-OH is 1. The van der Waals surface area contributed by atoms with Crippen molar-refractivity contribution in [3.05, 3.63) is 35.9 Å². The number of rotatable bonds is 11. The second-order valence-electron chi connectivity index (χ2n) is 8.28. The Kier molecular flexibility index (Phi) is 11.3. The summed E-state index contributed by atoms with van der Waals surface area (Å²) in [5.41, 5.74) is -0.236. The zero-order valence-corrected chi connectivity index (χ0v) is 19.9. The van der Waals surface area contributed by atoms with Gasteiger partial charge < -0.3 is 30.1 Å². The highest BCUT2D eigenvalue weighted by Crippen LogP contribution is 2.22. The lowest BCUT2D eigenvalue weighted by Crippen LogP contribution is -2.52. The Morgan fingerprint density at radius 2 is 1.76 bits per heavy atom. The van der Waals surface area contributed by atoms with Gasteiger partial charge in [-0.05, 0) is 40.2 Å². The van der Waals surface area contributed by atoms with Crippen LogP contribution in [0.2, 0.25) is 0 Å². The largest absolute Gasteiger partial charge is 0.466 e. The fourth-order valence-corrected chi connectivity index (χ4v) is 2.99. The first-order valence-corrected chi connectivity index (χ1v) is 10.9. The maximum Gasteiger partial charge on any atom is 0.408 e. The lowest BCUT2D eigenvalue weighted by molar-refractivity contribution is -0.144. The summed E-state index contributed by atoms with van der Waals surface area (Å²) in [6.07, 6.45) is -0.798. The highest BCUT2D eigenvalue weighted by molar-refractivity contribution is 5.92. The van der Waals surface area contributed by atoms with Crippen LogP contribution < -0.4 is 10.6 Å². The predicted molar refractivity (Wildman–Crippen MR) is 121 cm³/mol. The molecule has 0 saturated carbocycles. The van der Waals surface area contributed by atoms with E-state index in [1.165, 1.54) is 11.8 Å². The minimum Gasteiger partial charge on any atom is -0.466 e. The lowest BCUT2D eigenvalue weighted by atomic mass is 10.0. The first kappa shape index (κ1) is 27.9. The molecule has 0 aliphatic heterocycles. The third-order valence-electron chi connectivity index (χ3n) is 4.34. The Morgan fingerprint density at radius 1 is 1.12 bits per heavy atom. The van der Waals surface area contributed by atoms with Gasteiger partial charge in [0.25, 0.3) is 0 Å². The van der Waals surface area contributed by atoms with E-state index in [1.807, 2.05) is 0 Å². The molecular weight excluding hydrogens is 430 g/mol. The maximum absolute atomic E-state index is 13.2. The second kappa shape index (κ2) is 13.4. The number of benzene rings is 1. The molecule has 0 fully saturated rings. The van der Waals surface area contributed by atoms with Crippen molar-refractivity contribution in [1.29, 1.82) is 0 Å². The molecule has 10 heteroatoms. The van der Waals surface area contributed by atoms with E-state index in [0.717, 1.165) is 0 Å². The smallest absolute Gasteiger partial charge is 0.408 e. The molecule has 2 unspecified atom stereocenters. The molecule has 0 radical (unpaired) electrons. The summed E-state index contributed by atoms with van der Waals surface area (Å²) < 4.78 is 10.0. The molecule has 3 N–H and O–H groups in total. The molecule has 0 bridgehead atoms. The highest BCUT2D eigenvalue weighted by Gasteiger charge is 2.34. The van der Waals surface area contributed by atoms with Crippen molar-refractivity contribution < 1.29 is 33.8 Å². The molecule has 1 aromatic carbocycles. The number of aliphatic hydroxyl groups is 1. The normalized spacial score (nSPS) is 12.8. The van der Waals surface area contributed by atoms with Crippen LogP contribution in [0, 0.1) is 0 Å². The summed E-state index contributed by atoms with van der Waals surface area (Å²) in [5.74, 6) is -1.56. The zero-order valence-electron chi connectivity index (χ0n) is 19.9. The molecule has 1 rings (SSSR count). The molecule has 0 spiro atoms. The van der Waals surface area contributed by atoms with Crippen LogP contribution in [0.5, 0.6) is 0 Å². The number of amides is 3. The Hall–Kier alpha value is -3.14. The average molecular weight is 466 g/mol. The molecule has 0 aliphatic rings. The van der Waals surface area contributed by atoms with Crippen molar-refractivity contribution in [1.82, 2.24) is 15.5 Å². The van der Waals surface area contributed by atoms with E-state index in [-0.39, 0.29) is 26.1 Å². The van der Waals surface area contributed by atoms with Crippen LogP contribution in [0.25, 0.3) is 0 Å². The number of nitrogens with one attached hydrogen (secondary N) is 2. The lowest BCUT2D eigenvalue weighted by Gasteiger charge is -2.33. The summed E-state index contributed by atoms with van der Waals surface area (Å²) in [4.78, 5) is 51.2. The molecule has 0 aromatic heterocycles. The van der Waals surface area contributed by atoms with Gasteiger partial charge in [-0.25, -0.2) is 4.79 Å². The van der Waals surface area contributed by atoms with Crippen molar-refractivity contribution in [2.24, 2.45) is 0 Å². The zero-order chi connectivity index (χ0) is 25.0. The van der Waals surface area contributed by atoms with Gasteiger partial charge in [-0.2, -0.15) is 0 Å². The van der Waals surface area contributed by atoms with Gasteiger partial charge in [0.2, 0.25) is 11.8 Å². The number of carbonyl (C=O) groups is 4. The van der Waals surface area contributed by atoms with Gasteiger partial charge >= 0.3 is 12.1 Å². The monoisotopic (exact) mass is 465 g/mol. The van der Waals surface area contributed by atoms with E-state index < -0.39 is 48.2 Å². The van der Waals surface area contributed by atoms with Gasteiger partial charge in [0.15, 0.2) is 0 Å². The van der Waals surface area contributed by atoms with Gasteiger partial charge in [-0.15, -0.1) is 0 Å². The Labute approximate surface area is 194 Å². The van der Waals surface area contributed by atoms with Crippen molar-refractivity contribution in [3.63, 3.8) is 0 Å². The molecule has 33 heavy (non-hydrogen) atoms. The fraction of sp³-hybridized carbons (Fsp3) is 0.565. The topological polar surface area (TPSA) is 134 Å². The summed E-state index contributed by atoms with van der Waals surface area (Å²) >= 11 is 0. The average Bonchev–Trinajstić information content (AvgIpc) is 2.72. The first-order chi connectivity index (χ1) is 15.5. The first-order valence-electron chi connectivity index (χ1n) is 10.9. The van der Waals surface area contributed by atoms with Gasteiger partial charge in [0.1, 0.15) is 17.7 Å². The van der Waals surface area contributed by atoms with E-state index in [9.17, 15) is 24.3 Å². The Bertz CT molecular complexity index is 793. The van der Waals surface area contributed by atoms with E-state index in [1.54, 1.807) is 58.0 Å². The van der Waals surface area contributed by atoms with Crippen LogP contribution in [0.15, 0.2) is 30.3 Å². The minimum atomic E-state index is -1.09. The third kappa shape index (κ3) is 9.90. The van der Waals surface area contributed by atoms with Crippen LogP contribution in [0.1, 0.15) is 52.6 Å². The summed E-state index contributed by atoms with van der Waals surface area (Å²) in [6.45, 7) is 7.96. The van der Waals surface area contributed by atoms with Gasteiger partial charge in [-0.3, -0.25) is 14.4 Å². The molecule has 1 aromatic rings. The Morgan fingerprint density at radius 3 is 2.30 bits per heavy atom. The van der Waals surface area contributed by atoms with E-state index in [0.29, 0.717) is 5.56 Å². The van der Waals surface area contributed by atoms with Crippen molar-refractivity contribution in [2.45, 2.75) is 58.7 Å². The maximum atomic E-state index is 13.2. The molecule has 0 heterocycles. The van der Waals surface area contributed by atoms with Gasteiger partial charge in [0.05, 0.1) is 19.6 Å². The van der Waals surface area contributed by atoms with Crippen molar-refractivity contribution >= 4 is 23.9 Å². The van der Waals surface area contributed by atoms with E-state index >= 15 is 0 Å². The van der Waals surface area contributed by atoms with Gasteiger partial charge in [0, 0.05) is 13.1 Å². The van der Waals surface area contributed by atoms with Crippen LogP contribution in [-0.4, -0.2) is 71.8 Å². The summed E-state index contributed by atoms with van der Waals surface area (Å²) in [5, 5.41) is 14.7. The molecule has 0 saturated heterocycles. The molecule has 184 valence electrons. The predicted octanol–water partition coefficient (Wildman–Crippen LogP) is 1.53. The number of esters is 1. The molecule has 10 nitrogen and oxygen atoms in total. The molecule has 0 aliphatic carbocycles. The Balaban J connectivity index is 3.07. The van der Waals surface area contributed by atoms with Crippen LogP contribution in [0.4, 0.5) is 4.79 Å². The van der Waals surface area contributed by atoms with Crippen LogP contribution >= 0.6 is 0 Å². The number of hydrogen-bond donors (Lipinski definition) is 3. The number of carbonyl (C=O) groups excluding carboxylic acids is 4. The van der Waals surface area contributed by atoms with Crippen molar-refractivity contribution in [2.75, 3.05) is 26.3 Å². The summed E-state index contributed by atoms with van der Waals surface area (Å²) in [6, 6.07) is 6.46. The highest BCUT2D eigenvalue weighted by atomic mass is 16.6. The fourth-order valence-electron chi connectivity index (χ4n) is 2.99.